The van der Waals surface area contributed by atoms with Gasteiger partial charge >= 0.3 is 5.69 Å². The van der Waals surface area contributed by atoms with Gasteiger partial charge < -0.3 is 4.90 Å². The van der Waals surface area contributed by atoms with E-state index in [-0.39, 0.29) is 17.6 Å². The second-order valence-corrected chi connectivity index (χ2v) is 6.43. The minimum absolute atomic E-state index is 0.0247. The van der Waals surface area contributed by atoms with Crippen molar-refractivity contribution in [3.8, 4) is 0 Å². The van der Waals surface area contributed by atoms with Crippen molar-refractivity contribution >= 4 is 28.4 Å². The molecule has 1 aliphatic rings. The van der Waals surface area contributed by atoms with Crippen molar-refractivity contribution in [1.82, 2.24) is 24.0 Å². The highest BCUT2D eigenvalue weighted by atomic mass is 32.1. The summed E-state index contributed by atoms with van der Waals surface area (Å²) >= 11 is 1.51. The Morgan fingerprint density at radius 2 is 2.30 bits per heavy atom. The third-order valence-corrected chi connectivity index (χ3v) is 5.02. The van der Waals surface area contributed by atoms with Crippen LogP contribution in [0.15, 0.2) is 34.1 Å². The Morgan fingerprint density at radius 1 is 1.43 bits per heavy atom. The van der Waals surface area contributed by atoms with Crippen LogP contribution in [0, 0.1) is 0 Å². The van der Waals surface area contributed by atoms with E-state index in [4.69, 9.17) is 0 Å². The maximum atomic E-state index is 12.5. The number of likely N-dealkylation sites (tertiary alicyclic amines) is 1. The zero-order valence-corrected chi connectivity index (χ0v) is 13.4. The second-order valence-electron chi connectivity index (χ2n) is 5.65. The van der Waals surface area contributed by atoms with E-state index in [2.05, 4.69) is 9.97 Å². The first-order chi connectivity index (χ1) is 11.2. The maximum Gasteiger partial charge on any atom is 0.330 e. The van der Waals surface area contributed by atoms with Crippen molar-refractivity contribution in [3.63, 3.8) is 0 Å². The fourth-order valence-electron chi connectivity index (χ4n) is 3.13. The fourth-order valence-corrected chi connectivity index (χ4v) is 3.76. The number of fused-ring (bicyclic) bond motifs is 1. The van der Waals surface area contributed by atoms with E-state index < -0.39 is 0 Å². The maximum absolute atomic E-state index is 12.5. The van der Waals surface area contributed by atoms with E-state index in [1.165, 1.54) is 17.7 Å². The van der Waals surface area contributed by atoms with Crippen LogP contribution in [0.1, 0.15) is 22.8 Å². The minimum Gasteiger partial charge on any atom is -0.336 e. The van der Waals surface area contributed by atoms with Gasteiger partial charge in [-0.15, -0.1) is 0 Å². The number of nitrogens with zero attached hydrogens (tertiary/aromatic N) is 5. The van der Waals surface area contributed by atoms with Gasteiger partial charge in [-0.1, -0.05) is 0 Å². The van der Waals surface area contributed by atoms with E-state index in [1.807, 2.05) is 16.8 Å². The number of carbonyl (C=O) groups is 1. The summed E-state index contributed by atoms with van der Waals surface area (Å²) in [4.78, 5) is 35.0. The summed E-state index contributed by atoms with van der Waals surface area (Å²) < 4.78 is 3.25. The Hall–Kier alpha value is -2.48. The largest absolute Gasteiger partial charge is 0.336 e. The average Bonchev–Trinajstić information content (AvgIpc) is 3.29. The Labute approximate surface area is 135 Å². The highest BCUT2D eigenvalue weighted by molar-refractivity contribution is 7.08. The lowest BCUT2D eigenvalue weighted by Crippen LogP contribution is -2.31. The van der Waals surface area contributed by atoms with Crippen LogP contribution in [0.4, 0.5) is 0 Å². The molecule has 0 N–H and O–H groups in total. The number of rotatable bonds is 2. The van der Waals surface area contributed by atoms with E-state index in [0.717, 1.165) is 6.42 Å². The van der Waals surface area contributed by atoms with Crippen LogP contribution < -0.4 is 5.69 Å². The quantitative estimate of drug-likeness (QED) is 0.710. The van der Waals surface area contributed by atoms with Gasteiger partial charge in [0.05, 0.1) is 17.8 Å². The van der Waals surface area contributed by atoms with Gasteiger partial charge in [0.1, 0.15) is 11.8 Å². The van der Waals surface area contributed by atoms with E-state index in [1.54, 1.807) is 27.3 Å². The van der Waals surface area contributed by atoms with Crippen LogP contribution in [0.3, 0.4) is 0 Å². The van der Waals surface area contributed by atoms with Gasteiger partial charge in [0.2, 0.25) is 0 Å². The Morgan fingerprint density at radius 3 is 3.09 bits per heavy atom. The lowest BCUT2D eigenvalue weighted by Gasteiger charge is -2.16. The smallest absolute Gasteiger partial charge is 0.330 e. The molecule has 0 aromatic carbocycles. The predicted molar refractivity (Wildman–Crippen MR) is 86.6 cm³/mol. The highest BCUT2D eigenvalue weighted by Crippen LogP contribution is 2.25. The molecule has 1 aliphatic heterocycles. The molecule has 0 aliphatic carbocycles. The van der Waals surface area contributed by atoms with Gasteiger partial charge in [0.25, 0.3) is 5.91 Å². The summed E-state index contributed by atoms with van der Waals surface area (Å²) in [5.41, 5.74) is 1.93. The molecule has 0 saturated carbocycles. The molecule has 8 heteroatoms. The summed E-state index contributed by atoms with van der Waals surface area (Å²) in [7, 11) is 1.72. The Bertz CT molecular complexity index is 927. The summed E-state index contributed by atoms with van der Waals surface area (Å²) in [6.07, 6.45) is 3.84. The fraction of sp³-hybridized carbons (Fsp3) is 0.333. The zero-order valence-electron chi connectivity index (χ0n) is 12.5. The van der Waals surface area contributed by atoms with Gasteiger partial charge in [-0.3, -0.25) is 13.9 Å². The molecule has 1 amide bonds. The van der Waals surface area contributed by atoms with Crippen LogP contribution in [0.25, 0.3) is 11.2 Å². The highest BCUT2D eigenvalue weighted by Gasteiger charge is 2.31. The molecule has 3 aromatic rings. The Balaban J connectivity index is 1.67. The van der Waals surface area contributed by atoms with Crippen LogP contribution in [-0.2, 0) is 7.05 Å². The normalized spacial score (nSPS) is 18.0. The van der Waals surface area contributed by atoms with Gasteiger partial charge in [-0.25, -0.2) is 14.8 Å². The van der Waals surface area contributed by atoms with E-state index in [9.17, 15) is 9.59 Å². The molecule has 1 atom stereocenters. The molecule has 4 rings (SSSR count). The first-order valence-electron chi connectivity index (χ1n) is 7.35. The first-order valence-corrected chi connectivity index (χ1v) is 8.29. The molecule has 0 unspecified atom stereocenters. The van der Waals surface area contributed by atoms with Gasteiger partial charge in [0, 0.05) is 25.5 Å². The molecular formula is C15H15N5O2S. The molecule has 4 heterocycles. The van der Waals surface area contributed by atoms with Gasteiger partial charge in [0.15, 0.2) is 5.65 Å². The topological polar surface area (TPSA) is 73.0 Å². The lowest BCUT2D eigenvalue weighted by molar-refractivity contribution is 0.0788. The summed E-state index contributed by atoms with van der Waals surface area (Å²) in [5, 5.41) is 3.75. The van der Waals surface area contributed by atoms with Crippen LogP contribution in [0.5, 0.6) is 0 Å². The first kappa shape index (κ1) is 14.1. The predicted octanol–water partition coefficient (Wildman–Crippen LogP) is 1.28. The average molecular weight is 329 g/mol. The molecule has 3 aromatic heterocycles. The SMILES string of the molecule is Cn1c(=O)n([C@H]2CCN(C(=O)c3ccsc3)C2)c2ncncc21. The van der Waals surface area contributed by atoms with Gasteiger partial charge in [-0.05, 0) is 17.9 Å². The van der Waals surface area contributed by atoms with E-state index in [0.29, 0.717) is 29.8 Å². The van der Waals surface area contributed by atoms with Crippen molar-refractivity contribution in [2.24, 2.45) is 7.05 Å². The number of carbonyl (C=O) groups excluding carboxylic acids is 1. The number of hydrogen-bond acceptors (Lipinski definition) is 5. The standard InChI is InChI=1S/C15H15N5O2S/c1-18-12-6-16-9-17-13(12)20(15(18)22)11-2-4-19(7-11)14(21)10-3-5-23-8-10/h3,5-6,8-9,11H,2,4,7H2,1H3/t11-/m0/s1. The molecule has 1 fully saturated rings. The van der Waals surface area contributed by atoms with E-state index >= 15 is 0 Å². The number of aromatic nitrogens is 4. The monoisotopic (exact) mass is 329 g/mol. The van der Waals surface area contributed by atoms with Crippen molar-refractivity contribution < 1.29 is 4.79 Å². The van der Waals surface area contributed by atoms with Crippen molar-refractivity contribution in [1.29, 1.82) is 0 Å². The zero-order chi connectivity index (χ0) is 16.0. The summed E-state index contributed by atoms with van der Waals surface area (Å²) in [5.74, 6) is 0.0247. The number of amides is 1. The van der Waals surface area contributed by atoms with Crippen LogP contribution in [-0.4, -0.2) is 43.0 Å². The summed E-state index contributed by atoms with van der Waals surface area (Å²) in [6.45, 7) is 1.17. The molecule has 118 valence electrons. The van der Waals surface area contributed by atoms with Gasteiger partial charge in [-0.2, -0.15) is 11.3 Å². The molecule has 0 bridgehead atoms. The third-order valence-electron chi connectivity index (χ3n) is 4.34. The van der Waals surface area contributed by atoms with Crippen molar-refractivity contribution in [2.45, 2.75) is 12.5 Å². The molecule has 1 saturated heterocycles. The molecule has 0 spiro atoms. The van der Waals surface area contributed by atoms with Crippen LogP contribution in [0.2, 0.25) is 0 Å². The molecular weight excluding hydrogens is 314 g/mol. The van der Waals surface area contributed by atoms with Crippen molar-refractivity contribution in [2.75, 3.05) is 13.1 Å². The Kier molecular flexibility index (Phi) is 3.26. The molecule has 0 radical (unpaired) electrons. The van der Waals surface area contributed by atoms with Crippen molar-refractivity contribution in [3.05, 3.63) is 45.4 Å². The number of thiophene rings is 1. The summed E-state index contributed by atoms with van der Waals surface area (Å²) in [6, 6.07) is 1.78. The molecule has 23 heavy (non-hydrogen) atoms. The molecule has 7 nitrogen and oxygen atoms in total. The lowest BCUT2D eigenvalue weighted by atomic mass is 10.2. The minimum atomic E-state index is -0.115. The third kappa shape index (κ3) is 2.17. The number of aryl methyl sites for hydroxylation is 1. The number of imidazole rings is 1. The number of hydrogen-bond donors (Lipinski definition) is 0. The van der Waals surface area contributed by atoms with Crippen LogP contribution >= 0.6 is 11.3 Å². The second kappa shape index (κ2) is 5.31.